The summed E-state index contributed by atoms with van der Waals surface area (Å²) in [5, 5.41) is 0. The van der Waals surface area contributed by atoms with Gasteiger partial charge in [0.25, 0.3) is 0 Å². The third kappa shape index (κ3) is 3.77. The molecule has 0 fully saturated rings. The number of nitrogens with two attached hydrogens (primary N) is 2. The molecule has 1 aliphatic rings. The second-order valence-corrected chi connectivity index (χ2v) is 3.96. The number of hydrogen-bond donors (Lipinski definition) is 2. The van der Waals surface area contributed by atoms with Crippen LogP contribution in [-0.2, 0) is 0 Å². The Kier molecular flexibility index (Phi) is 8.95. The van der Waals surface area contributed by atoms with Crippen molar-refractivity contribution in [3.05, 3.63) is 11.1 Å². The van der Waals surface area contributed by atoms with Crippen molar-refractivity contribution in [2.24, 2.45) is 23.3 Å². The van der Waals surface area contributed by atoms with Crippen molar-refractivity contribution in [2.75, 3.05) is 13.1 Å². The zero-order valence-electron chi connectivity index (χ0n) is 8.95. The quantitative estimate of drug-likeness (QED) is 0.727. The molecule has 4 N–H and O–H groups in total. The first-order chi connectivity index (χ1) is 5.69. The fourth-order valence-electron chi connectivity index (χ4n) is 2.02. The van der Waals surface area contributed by atoms with Crippen molar-refractivity contribution in [3.63, 3.8) is 0 Å². The van der Waals surface area contributed by atoms with E-state index in [0.717, 1.165) is 25.9 Å². The molecule has 0 amide bonds. The summed E-state index contributed by atoms with van der Waals surface area (Å²) < 4.78 is 0. The van der Waals surface area contributed by atoms with Gasteiger partial charge in [-0.15, -0.1) is 24.8 Å². The number of allylic oxidation sites excluding steroid dienone is 2. The summed E-state index contributed by atoms with van der Waals surface area (Å²) in [4.78, 5) is 0. The maximum atomic E-state index is 5.70. The molecule has 1 rings (SSSR count). The van der Waals surface area contributed by atoms with Crippen LogP contribution in [0.25, 0.3) is 0 Å². The molecule has 0 aromatic carbocycles. The monoisotopic (exact) mass is 240 g/mol. The van der Waals surface area contributed by atoms with E-state index in [1.807, 2.05) is 0 Å². The third-order valence-electron chi connectivity index (χ3n) is 3.14. The first-order valence-electron chi connectivity index (χ1n) is 4.74. The van der Waals surface area contributed by atoms with Crippen LogP contribution in [0.5, 0.6) is 0 Å². The molecule has 0 aromatic heterocycles. The van der Waals surface area contributed by atoms with Crippen molar-refractivity contribution in [1.82, 2.24) is 0 Å². The van der Waals surface area contributed by atoms with Crippen LogP contribution in [0.1, 0.15) is 26.7 Å². The molecule has 2 nitrogen and oxygen atoms in total. The molecule has 0 radical (unpaired) electrons. The highest BCUT2D eigenvalue weighted by atomic mass is 35.5. The highest BCUT2D eigenvalue weighted by Gasteiger charge is 2.24. The first-order valence-corrected chi connectivity index (χ1v) is 4.74. The molecule has 0 heterocycles. The van der Waals surface area contributed by atoms with Crippen LogP contribution >= 0.6 is 24.8 Å². The van der Waals surface area contributed by atoms with Gasteiger partial charge >= 0.3 is 0 Å². The molecular formula is C10H22Cl2N2. The van der Waals surface area contributed by atoms with Gasteiger partial charge < -0.3 is 11.5 Å². The van der Waals surface area contributed by atoms with Gasteiger partial charge in [-0.1, -0.05) is 11.1 Å². The van der Waals surface area contributed by atoms with Crippen molar-refractivity contribution in [1.29, 1.82) is 0 Å². The molecule has 4 heteroatoms. The topological polar surface area (TPSA) is 52.0 Å². The minimum Gasteiger partial charge on any atom is -0.330 e. The van der Waals surface area contributed by atoms with Crippen LogP contribution < -0.4 is 11.5 Å². The Hall–Kier alpha value is 0.240. The number of hydrogen-bond acceptors (Lipinski definition) is 2. The molecule has 2 atom stereocenters. The van der Waals surface area contributed by atoms with Gasteiger partial charge in [-0.3, -0.25) is 0 Å². The predicted octanol–water partition coefficient (Wildman–Crippen LogP) is 2.11. The third-order valence-corrected chi connectivity index (χ3v) is 3.14. The molecule has 0 spiro atoms. The van der Waals surface area contributed by atoms with E-state index < -0.39 is 0 Å². The van der Waals surface area contributed by atoms with E-state index in [9.17, 15) is 0 Å². The van der Waals surface area contributed by atoms with Crippen LogP contribution in [0.2, 0.25) is 0 Å². The van der Waals surface area contributed by atoms with Crippen LogP contribution in [0, 0.1) is 11.8 Å². The lowest BCUT2D eigenvalue weighted by molar-refractivity contribution is 0.321. The molecule has 14 heavy (non-hydrogen) atoms. The second-order valence-electron chi connectivity index (χ2n) is 3.96. The zero-order chi connectivity index (χ0) is 9.14. The van der Waals surface area contributed by atoms with Gasteiger partial charge in [0.05, 0.1) is 0 Å². The van der Waals surface area contributed by atoms with E-state index >= 15 is 0 Å². The van der Waals surface area contributed by atoms with Gasteiger partial charge in [0, 0.05) is 0 Å². The number of rotatable bonds is 2. The SMILES string of the molecule is CC1=C(C)C[C@H](CN)[C@@H](CN)C1.Cl.Cl. The molecule has 0 unspecified atom stereocenters. The highest BCUT2D eigenvalue weighted by Crippen LogP contribution is 2.32. The lowest BCUT2D eigenvalue weighted by Crippen LogP contribution is -2.32. The Bertz CT molecular complexity index is 173. The van der Waals surface area contributed by atoms with Crippen molar-refractivity contribution < 1.29 is 0 Å². The fourth-order valence-corrected chi connectivity index (χ4v) is 2.02. The van der Waals surface area contributed by atoms with Crippen molar-refractivity contribution in [2.45, 2.75) is 26.7 Å². The Labute approximate surface area is 99.3 Å². The van der Waals surface area contributed by atoms with Crippen molar-refractivity contribution in [3.8, 4) is 0 Å². The van der Waals surface area contributed by atoms with Crippen LogP contribution in [0.4, 0.5) is 0 Å². The van der Waals surface area contributed by atoms with Gasteiger partial charge in [0.1, 0.15) is 0 Å². The lowest BCUT2D eigenvalue weighted by atomic mass is 9.77. The smallest absolute Gasteiger partial charge is 0.00426 e. The van der Waals surface area contributed by atoms with Gasteiger partial charge in [-0.2, -0.15) is 0 Å². The minimum atomic E-state index is 0. The summed E-state index contributed by atoms with van der Waals surface area (Å²) in [6, 6.07) is 0. The molecular weight excluding hydrogens is 219 g/mol. The standard InChI is InChI=1S/C10H20N2.2ClH/c1-7-3-9(5-11)10(6-12)4-8(7)2;;/h9-10H,3-6,11-12H2,1-2H3;2*1H/t9-,10-;;/m1../s1. The van der Waals surface area contributed by atoms with E-state index in [1.165, 1.54) is 11.1 Å². The van der Waals surface area contributed by atoms with Crippen molar-refractivity contribution >= 4 is 24.8 Å². The maximum Gasteiger partial charge on any atom is -0.00426 e. The lowest BCUT2D eigenvalue weighted by Gasteiger charge is -2.31. The summed E-state index contributed by atoms with van der Waals surface area (Å²) in [7, 11) is 0. The average Bonchev–Trinajstić information content (AvgIpc) is 2.09. The van der Waals surface area contributed by atoms with Crippen LogP contribution in [0.3, 0.4) is 0 Å². The van der Waals surface area contributed by atoms with Crippen LogP contribution in [0.15, 0.2) is 11.1 Å². The summed E-state index contributed by atoms with van der Waals surface area (Å²) in [6.07, 6.45) is 2.31. The van der Waals surface area contributed by atoms with E-state index in [4.69, 9.17) is 11.5 Å². The molecule has 0 saturated heterocycles. The molecule has 0 saturated carbocycles. The maximum absolute atomic E-state index is 5.70. The van der Waals surface area contributed by atoms with Gasteiger partial charge in [-0.25, -0.2) is 0 Å². The number of halogens is 2. The van der Waals surface area contributed by atoms with E-state index in [-0.39, 0.29) is 24.8 Å². The van der Waals surface area contributed by atoms with Gasteiger partial charge in [-0.05, 0) is 51.6 Å². The highest BCUT2D eigenvalue weighted by molar-refractivity contribution is 5.85. The predicted molar refractivity (Wildman–Crippen MR) is 67.2 cm³/mol. The van der Waals surface area contributed by atoms with Crippen LogP contribution in [-0.4, -0.2) is 13.1 Å². The summed E-state index contributed by atoms with van der Waals surface area (Å²) in [6.45, 7) is 5.99. The normalized spacial score (nSPS) is 26.6. The molecule has 1 aliphatic carbocycles. The molecule has 0 bridgehead atoms. The minimum absolute atomic E-state index is 0. The largest absolute Gasteiger partial charge is 0.330 e. The van der Waals surface area contributed by atoms with Gasteiger partial charge in [0.2, 0.25) is 0 Å². The Morgan fingerprint density at radius 3 is 1.43 bits per heavy atom. The van der Waals surface area contributed by atoms with E-state index in [0.29, 0.717) is 11.8 Å². The molecule has 86 valence electrons. The Morgan fingerprint density at radius 2 is 1.21 bits per heavy atom. The van der Waals surface area contributed by atoms with E-state index in [2.05, 4.69) is 13.8 Å². The average molecular weight is 241 g/mol. The molecule has 0 aromatic rings. The Balaban J connectivity index is 0. The fraction of sp³-hybridized carbons (Fsp3) is 0.800. The van der Waals surface area contributed by atoms with Gasteiger partial charge in [0.15, 0.2) is 0 Å². The first kappa shape index (κ1) is 16.7. The summed E-state index contributed by atoms with van der Waals surface area (Å²) in [5.41, 5.74) is 14.4. The second kappa shape index (κ2) is 7.52. The Morgan fingerprint density at radius 1 is 0.929 bits per heavy atom. The van der Waals surface area contributed by atoms with E-state index in [1.54, 1.807) is 0 Å². The molecule has 0 aliphatic heterocycles. The summed E-state index contributed by atoms with van der Waals surface area (Å²) in [5.74, 6) is 1.25. The summed E-state index contributed by atoms with van der Waals surface area (Å²) >= 11 is 0. The zero-order valence-corrected chi connectivity index (χ0v) is 10.6.